The molecule has 0 fully saturated rings. The van der Waals surface area contributed by atoms with Crippen LogP contribution in [0.25, 0.3) is 0 Å². The van der Waals surface area contributed by atoms with E-state index in [0.717, 1.165) is 0 Å². The van der Waals surface area contributed by atoms with Crippen molar-refractivity contribution >= 4 is 21.7 Å². The molecule has 0 spiro atoms. The smallest absolute Gasteiger partial charge is 0.138 e. The molecule has 0 radical (unpaired) electrons. The van der Waals surface area contributed by atoms with E-state index in [4.69, 9.17) is 5.73 Å². The lowest BCUT2D eigenvalue weighted by molar-refractivity contribution is -0.118. The molecular weight excluding hydrogens is 249 g/mol. The lowest BCUT2D eigenvalue weighted by Gasteiger charge is -2.12. The summed E-state index contributed by atoms with van der Waals surface area (Å²) in [6.07, 6.45) is 0. The summed E-state index contributed by atoms with van der Waals surface area (Å²) in [5.41, 5.74) is 5.78. The van der Waals surface area contributed by atoms with E-state index in [2.05, 4.69) is 15.9 Å². The normalized spacial score (nSPS) is 12.6. The Morgan fingerprint density at radius 2 is 2.29 bits per heavy atom. The fourth-order valence-electron chi connectivity index (χ4n) is 1.30. The third-order valence-corrected chi connectivity index (χ3v) is 2.56. The van der Waals surface area contributed by atoms with Crippen LogP contribution in [0.4, 0.5) is 4.39 Å². The van der Waals surface area contributed by atoms with E-state index in [9.17, 15) is 9.18 Å². The first kappa shape index (κ1) is 11.3. The average molecular weight is 260 g/mol. The van der Waals surface area contributed by atoms with Gasteiger partial charge in [-0.25, -0.2) is 4.39 Å². The first-order chi connectivity index (χ1) is 6.56. The lowest BCUT2D eigenvalue weighted by atomic mass is 9.95. The van der Waals surface area contributed by atoms with Crippen LogP contribution in [-0.2, 0) is 4.79 Å². The highest BCUT2D eigenvalue weighted by Crippen LogP contribution is 2.22. The van der Waals surface area contributed by atoms with Gasteiger partial charge in [-0.3, -0.25) is 4.79 Å². The number of hydrogen-bond donors (Lipinski definition) is 1. The summed E-state index contributed by atoms with van der Waals surface area (Å²) in [6.45, 7) is 1.55. The van der Waals surface area contributed by atoms with Crippen LogP contribution in [0.3, 0.4) is 0 Å². The fourth-order valence-corrected chi connectivity index (χ4v) is 1.63. The maximum atomic E-state index is 13.4. The molecule has 2 nitrogen and oxygen atoms in total. The van der Waals surface area contributed by atoms with Crippen LogP contribution in [0.5, 0.6) is 0 Å². The third kappa shape index (κ3) is 2.39. The van der Waals surface area contributed by atoms with Gasteiger partial charge >= 0.3 is 0 Å². The molecule has 1 rings (SSSR count). The van der Waals surface area contributed by atoms with Crippen LogP contribution in [0.15, 0.2) is 22.7 Å². The standard InChI is InChI=1S/C10H11BrFNO/c1-6(14)9(5-13)8-3-2-7(11)4-10(8)12/h2-4,9H,5,13H2,1H3/t9-/m0/s1. The number of benzene rings is 1. The first-order valence-electron chi connectivity index (χ1n) is 4.21. The predicted molar refractivity (Wildman–Crippen MR) is 56.6 cm³/mol. The van der Waals surface area contributed by atoms with Crippen molar-refractivity contribution in [3.8, 4) is 0 Å². The Kier molecular flexibility index (Phi) is 3.77. The Morgan fingerprint density at radius 1 is 1.64 bits per heavy atom. The number of nitrogens with two attached hydrogens (primary N) is 1. The molecule has 0 amide bonds. The molecule has 0 aromatic heterocycles. The van der Waals surface area contributed by atoms with E-state index < -0.39 is 11.7 Å². The van der Waals surface area contributed by atoms with Gasteiger partial charge in [0.25, 0.3) is 0 Å². The average Bonchev–Trinajstić information content (AvgIpc) is 2.09. The van der Waals surface area contributed by atoms with Gasteiger partial charge in [0.15, 0.2) is 0 Å². The van der Waals surface area contributed by atoms with Gasteiger partial charge < -0.3 is 5.73 Å². The van der Waals surface area contributed by atoms with Gasteiger partial charge in [0.1, 0.15) is 11.6 Å². The Hall–Kier alpha value is -0.740. The molecule has 4 heteroatoms. The van der Waals surface area contributed by atoms with Crippen molar-refractivity contribution in [3.63, 3.8) is 0 Å². The largest absolute Gasteiger partial charge is 0.329 e. The number of Topliss-reactive ketones (excluding diaryl/α,β-unsaturated/α-hetero) is 1. The van der Waals surface area contributed by atoms with Crippen LogP contribution in [-0.4, -0.2) is 12.3 Å². The SMILES string of the molecule is CC(=O)[C@H](CN)c1ccc(Br)cc1F. The van der Waals surface area contributed by atoms with E-state index in [1.54, 1.807) is 12.1 Å². The number of carbonyl (C=O) groups is 1. The van der Waals surface area contributed by atoms with Crippen LogP contribution in [0, 0.1) is 5.82 Å². The number of carbonyl (C=O) groups excluding carboxylic acids is 1. The predicted octanol–water partition coefficient (Wildman–Crippen LogP) is 2.22. The Morgan fingerprint density at radius 3 is 2.71 bits per heavy atom. The van der Waals surface area contributed by atoms with Crippen molar-refractivity contribution in [1.29, 1.82) is 0 Å². The summed E-state index contributed by atoms with van der Waals surface area (Å²) >= 11 is 3.15. The van der Waals surface area contributed by atoms with Gasteiger partial charge in [-0.05, 0) is 24.6 Å². The zero-order valence-electron chi connectivity index (χ0n) is 7.76. The minimum atomic E-state index is -0.539. The van der Waals surface area contributed by atoms with Crippen molar-refractivity contribution < 1.29 is 9.18 Å². The highest BCUT2D eigenvalue weighted by atomic mass is 79.9. The van der Waals surface area contributed by atoms with E-state index in [1.165, 1.54) is 13.0 Å². The zero-order valence-corrected chi connectivity index (χ0v) is 9.34. The third-order valence-electron chi connectivity index (χ3n) is 2.06. The summed E-state index contributed by atoms with van der Waals surface area (Å²) in [6, 6.07) is 4.61. The molecular formula is C10H11BrFNO. The second-order valence-corrected chi connectivity index (χ2v) is 3.98. The van der Waals surface area contributed by atoms with Crippen LogP contribution < -0.4 is 5.73 Å². The quantitative estimate of drug-likeness (QED) is 0.905. The van der Waals surface area contributed by atoms with E-state index in [1.807, 2.05) is 0 Å². The van der Waals surface area contributed by atoms with Gasteiger partial charge in [0.05, 0.1) is 5.92 Å². The monoisotopic (exact) mass is 259 g/mol. The Bertz CT molecular complexity index is 354. The molecule has 0 bridgehead atoms. The molecule has 0 aliphatic carbocycles. The minimum Gasteiger partial charge on any atom is -0.329 e. The molecule has 0 heterocycles. The Labute approximate surface area is 90.4 Å². The second-order valence-electron chi connectivity index (χ2n) is 3.06. The second kappa shape index (κ2) is 4.66. The zero-order chi connectivity index (χ0) is 10.7. The fraction of sp³-hybridized carbons (Fsp3) is 0.300. The summed E-state index contributed by atoms with van der Waals surface area (Å²) in [5.74, 6) is -1.05. The molecule has 0 aliphatic heterocycles. The van der Waals surface area contributed by atoms with Crippen LogP contribution in [0.1, 0.15) is 18.4 Å². The van der Waals surface area contributed by atoms with Gasteiger partial charge in [-0.1, -0.05) is 22.0 Å². The number of rotatable bonds is 3. The molecule has 0 saturated heterocycles. The number of ketones is 1. The van der Waals surface area contributed by atoms with Gasteiger partial charge in [0, 0.05) is 11.0 Å². The maximum Gasteiger partial charge on any atom is 0.138 e. The maximum absolute atomic E-state index is 13.4. The van der Waals surface area contributed by atoms with Gasteiger partial charge in [-0.15, -0.1) is 0 Å². The molecule has 1 atom stereocenters. The number of hydrogen-bond acceptors (Lipinski definition) is 2. The minimum absolute atomic E-state index is 0.117. The molecule has 1 aromatic carbocycles. The topological polar surface area (TPSA) is 43.1 Å². The summed E-state index contributed by atoms with van der Waals surface area (Å²) in [5, 5.41) is 0. The van der Waals surface area contributed by atoms with E-state index in [-0.39, 0.29) is 12.3 Å². The highest BCUT2D eigenvalue weighted by molar-refractivity contribution is 9.10. The van der Waals surface area contributed by atoms with Crippen molar-refractivity contribution in [2.24, 2.45) is 5.73 Å². The van der Waals surface area contributed by atoms with Crippen molar-refractivity contribution in [2.45, 2.75) is 12.8 Å². The summed E-state index contributed by atoms with van der Waals surface area (Å²) in [7, 11) is 0. The first-order valence-corrected chi connectivity index (χ1v) is 5.01. The molecule has 0 saturated carbocycles. The van der Waals surface area contributed by atoms with Crippen molar-refractivity contribution in [1.82, 2.24) is 0 Å². The molecule has 0 unspecified atom stereocenters. The molecule has 76 valence electrons. The van der Waals surface area contributed by atoms with Crippen LogP contribution in [0.2, 0.25) is 0 Å². The molecule has 2 N–H and O–H groups in total. The summed E-state index contributed by atoms with van der Waals surface area (Å²) < 4.78 is 14.1. The van der Waals surface area contributed by atoms with Crippen molar-refractivity contribution in [3.05, 3.63) is 34.1 Å². The van der Waals surface area contributed by atoms with Gasteiger partial charge in [0.2, 0.25) is 0 Å². The number of halogens is 2. The molecule has 14 heavy (non-hydrogen) atoms. The summed E-state index contributed by atoms with van der Waals surface area (Å²) in [4.78, 5) is 11.2. The lowest BCUT2D eigenvalue weighted by Crippen LogP contribution is -2.20. The molecule has 1 aromatic rings. The van der Waals surface area contributed by atoms with Crippen molar-refractivity contribution in [2.75, 3.05) is 6.54 Å². The van der Waals surface area contributed by atoms with E-state index in [0.29, 0.717) is 10.0 Å². The Balaban J connectivity index is 3.10. The highest BCUT2D eigenvalue weighted by Gasteiger charge is 2.18. The van der Waals surface area contributed by atoms with Crippen LogP contribution >= 0.6 is 15.9 Å². The molecule has 0 aliphatic rings. The van der Waals surface area contributed by atoms with E-state index >= 15 is 0 Å². The van der Waals surface area contributed by atoms with Gasteiger partial charge in [-0.2, -0.15) is 0 Å².